The highest BCUT2D eigenvalue weighted by molar-refractivity contribution is 6.30. The molecule has 2 aliphatic heterocycles. The summed E-state index contributed by atoms with van der Waals surface area (Å²) in [5.74, 6) is -0.686. The van der Waals surface area contributed by atoms with Crippen LogP contribution in [-0.4, -0.2) is 58.6 Å². The molecule has 0 bridgehead atoms. The highest BCUT2D eigenvalue weighted by Gasteiger charge is 2.29. The van der Waals surface area contributed by atoms with Gasteiger partial charge in [-0.25, -0.2) is 9.18 Å². The van der Waals surface area contributed by atoms with Crippen molar-refractivity contribution in [2.45, 2.75) is 64.5 Å². The second-order valence-corrected chi connectivity index (χ2v) is 12.4. The lowest BCUT2D eigenvalue weighted by Crippen LogP contribution is -2.41. The van der Waals surface area contributed by atoms with Gasteiger partial charge in [-0.1, -0.05) is 17.7 Å². The van der Waals surface area contributed by atoms with E-state index in [1.807, 2.05) is 52.0 Å². The number of carbonyl (C=O) groups is 2. The molecule has 2 aromatic carbocycles. The Morgan fingerprint density at radius 3 is 2.56 bits per heavy atom. The first-order valence-electron chi connectivity index (χ1n) is 14.1. The molecule has 2 amide bonds. The third kappa shape index (κ3) is 6.35. The number of benzene rings is 2. The van der Waals surface area contributed by atoms with Gasteiger partial charge in [-0.3, -0.25) is 9.59 Å². The summed E-state index contributed by atoms with van der Waals surface area (Å²) in [5.41, 5.74) is 2.19. The fourth-order valence-electron chi connectivity index (χ4n) is 5.78. The summed E-state index contributed by atoms with van der Waals surface area (Å²) in [6.07, 6.45) is 1.71. The highest BCUT2D eigenvalue weighted by atomic mass is 35.5. The zero-order chi connectivity index (χ0) is 29.5. The van der Waals surface area contributed by atoms with Crippen molar-refractivity contribution < 1.29 is 18.7 Å². The number of nitrogens with zero attached hydrogens (tertiary/aromatic N) is 2. The van der Waals surface area contributed by atoms with Crippen molar-refractivity contribution in [2.24, 2.45) is 0 Å². The van der Waals surface area contributed by atoms with Crippen LogP contribution in [0.15, 0.2) is 41.2 Å². The van der Waals surface area contributed by atoms with Gasteiger partial charge in [-0.2, -0.15) is 0 Å². The van der Waals surface area contributed by atoms with Crippen LogP contribution in [0.4, 0.5) is 14.9 Å². The van der Waals surface area contributed by atoms with Crippen molar-refractivity contribution in [3.8, 4) is 0 Å². The van der Waals surface area contributed by atoms with Gasteiger partial charge in [0.15, 0.2) is 0 Å². The van der Waals surface area contributed by atoms with E-state index < -0.39 is 11.4 Å². The molecule has 2 aliphatic rings. The van der Waals surface area contributed by atoms with Gasteiger partial charge in [0.1, 0.15) is 11.4 Å². The molecule has 41 heavy (non-hydrogen) atoms. The summed E-state index contributed by atoms with van der Waals surface area (Å²) in [5, 5.41) is 4.47. The SMILES string of the molecule is C[C@H]1c2ccc(Cl)cc2CCN1C(=O)CNc1cc2cc(C3CCN(C(=O)OC(C)(C)C)CC3)[nH]c(=O)c2cc1F. The number of ether oxygens (including phenoxy) is 1. The number of pyridine rings is 1. The average Bonchev–Trinajstić information content (AvgIpc) is 2.91. The van der Waals surface area contributed by atoms with E-state index in [9.17, 15) is 18.8 Å². The number of hydrogen-bond donors (Lipinski definition) is 2. The number of aromatic nitrogens is 1. The van der Waals surface area contributed by atoms with E-state index >= 15 is 0 Å². The molecule has 0 unspecified atom stereocenters. The smallest absolute Gasteiger partial charge is 0.410 e. The topological polar surface area (TPSA) is 94.7 Å². The normalized spacial score (nSPS) is 17.9. The first-order valence-corrected chi connectivity index (χ1v) is 14.4. The molecule has 218 valence electrons. The summed E-state index contributed by atoms with van der Waals surface area (Å²) in [7, 11) is 0. The van der Waals surface area contributed by atoms with E-state index in [0.717, 1.165) is 16.8 Å². The number of hydrogen-bond acceptors (Lipinski definition) is 5. The fourth-order valence-corrected chi connectivity index (χ4v) is 5.97. The Bertz CT molecular complexity index is 1540. The van der Waals surface area contributed by atoms with Crippen LogP contribution in [0.5, 0.6) is 0 Å². The predicted octanol–water partition coefficient (Wildman–Crippen LogP) is 5.99. The number of fused-ring (bicyclic) bond motifs is 2. The number of anilines is 1. The molecule has 3 heterocycles. The molecule has 5 rings (SSSR count). The van der Waals surface area contributed by atoms with Gasteiger partial charge in [-0.05, 0) is 93.8 Å². The Morgan fingerprint density at radius 2 is 1.85 bits per heavy atom. The lowest BCUT2D eigenvalue weighted by Gasteiger charge is -2.35. The number of carbonyl (C=O) groups excluding carboxylic acids is 2. The van der Waals surface area contributed by atoms with Crippen molar-refractivity contribution in [3.63, 3.8) is 0 Å². The van der Waals surface area contributed by atoms with Crippen molar-refractivity contribution in [2.75, 3.05) is 31.5 Å². The first kappa shape index (κ1) is 28.9. The van der Waals surface area contributed by atoms with Crippen molar-refractivity contribution in [1.82, 2.24) is 14.8 Å². The quantitative estimate of drug-likeness (QED) is 0.394. The van der Waals surface area contributed by atoms with E-state index in [-0.39, 0.29) is 47.1 Å². The molecule has 2 N–H and O–H groups in total. The largest absolute Gasteiger partial charge is 0.444 e. The highest BCUT2D eigenvalue weighted by Crippen LogP contribution is 2.32. The number of aromatic amines is 1. The van der Waals surface area contributed by atoms with E-state index in [0.29, 0.717) is 49.3 Å². The molecule has 1 aromatic heterocycles. The number of amides is 2. The lowest BCUT2D eigenvalue weighted by atomic mass is 9.92. The Labute approximate surface area is 243 Å². The predicted molar refractivity (Wildman–Crippen MR) is 158 cm³/mol. The van der Waals surface area contributed by atoms with E-state index in [1.54, 1.807) is 15.9 Å². The van der Waals surface area contributed by atoms with Crippen LogP contribution in [0.3, 0.4) is 0 Å². The number of piperidine rings is 1. The van der Waals surface area contributed by atoms with Gasteiger partial charge in [-0.15, -0.1) is 0 Å². The molecule has 1 saturated heterocycles. The Balaban J connectivity index is 1.27. The number of likely N-dealkylation sites (tertiary alicyclic amines) is 1. The van der Waals surface area contributed by atoms with E-state index in [4.69, 9.17) is 16.3 Å². The minimum Gasteiger partial charge on any atom is -0.444 e. The molecule has 0 saturated carbocycles. The molecule has 1 fully saturated rings. The van der Waals surface area contributed by atoms with Crippen molar-refractivity contribution >= 4 is 40.1 Å². The maximum Gasteiger partial charge on any atom is 0.410 e. The molecule has 0 radical (unpaired) electrons. The summed E-state index contributed by atoms with van der Waals surface area (Å²) >= 11 is 6.13. The third-order valence-electron chi connectivity index (χ3n) is 7.93. The minimum absolute atomic E-state index is 0.0483. The summed E-state index contributed by atoms with van der Waals surface area (Å²) in [4.78, 5) is 44.8. The van der Waals surface area contributed by atoms with Crippen LogP contribution in [0, 0.1) is 5.82 Å². The Hall–Kier alpha value is -3.59. The van der Waals surface area contributed by atoms with Crippen LogP contribution in [-0.2, 0) is 16.0 Å². The van der Waals surface area contributed by atoms with Crippen LogP contribution < -0.4 is 10.9 Å². The first-order chi connectivity index (χ1) is 19.4. The van der Waals surface area contributed by atoms with Crippen LogP contribution >= 0.6 is 11.6 Å². The Kier molecular flexibility index (Phi) is 8.01. The van der Waals surface area contributed by atoms with Gasteiger partial charge >= 0.3 is 6.09 Å². The van der Waals surface area contributed by atoms with Gasteiger partial charge in [0.25, 0.3) is 5.56 Å². The molecule has 0 spiro atoms. The molecule has 1 atom stereocenters. The van der Waals surface area contributed by atoms with E-state index in [2.05, 4.69) is 10.3 Å². The van der Waals surface area contributed by atoms with Crippen LogP contribution in [0.1, 0.15) is 69.3 Å². The van der Waals surface area contributed by atoms with Gasteiger partial charge in [0.2, 0.25) is 5.91 Å². The standard InChI is InChI=1S/C31H36ClFN4O4/c1-18-23-6-5-22(32)13-20(23)9-12-37(18)28(38)17-34-27-15-21-14-26(35-29(39)24(21)16-25(27)33)19-7-10-36(11-8-19)30(40)41-31(2,3)4/h5-6,13-16,18-19,34H,7-12,17H2,1-4H3,(H,35,39)/t18-/m0/s1. The molecule has 0 aliphatic carbocycles. The number of nitrogens with one attached hydrogen (secondary N) is 2. The number of rotatable bonds is 4. The van der Waals surface area contributed by atoms with Gasteiger partial charge in [0.05, 0.1) is 23.7 Å². The molecular formula is C31H36ClFN4O4. The maximum atomic E-state index is 15.0. The maximum absolute atomic E-state index is 15.0. The second-order valence-electron chi connectivity index (χ2n) is 11.9. The van der Waals surface area contributed by atoms with Crippen molar-refractivity contribution in [3.05, 3.63) is 74.4 Å². The minimum atomic E-state index is -0.596. The second kappa shape index (κ2) is 11.4. The van der Waals surface area contributed by atoms with E-state index in [1.165, 1.54) is 6.07 Å². The molecule has 10 heteroatoms. The van der Waals surface area contributed by atoms with Crippen molar-refractivity contribution in [1.29, 1.82) is 0 Å². The number of halogens is 2. The van der Waals surface area contributed by atoms with Gasteiger partial charge < -0.3 is 24.8 Å². The fraction of sp³-hybridized carbons (Fsp3) is 0.452. The van der Waals surface area contributed by atoms with Crippen LogP contribution in [0.2, 0.25) is 5.02 Å². The zero-order valence-electron chi connectivity index (χ0n) is 23.9. The monoisotopic (exact) mass is 582 g/mol. The molecule has 3 aromatic rings. The third-order valence-corrected chi connectivity index (χ3v) is 8.17. The summed E-state index contributed by atoms with van der Waals surface area (Å²) in [6.45, 7) is 9.01. The van der Waals surface area contributed by atoms with Gasteiger partial charge in [0, 0.05) is 36.3 Å². The summed E-state index contributed by atoms with van der Waals surface area (Å²) < 4.78 is 20.5. The number of H-pyrrole nitrogens is 1. The lowest BCUT2D eigenvalue weighted by molar-refractivity contribution is -0.131. The van der Waals surface area contributed by atoms with Crippen LogP contribution in [0.25, 0.3) is 10.8 Å². The molecular weight excluding hydrogens is 547 g/mol. The Morgan fingerprint density at radius 1 is 1.12 bits per heavy atom. The zero-order valence-corrected chi connectivity index (χ0v) is 24.6. The summed E-state index contributed by atoms with van der Waals surface area (Å²) in [6, 6.07) is 10.3. The molecule has 8 nitrogen and oxygen atoms in total. The average molecular weight is 583 g/mol.